The van der Waals surface area contributed by atoms with Gasteiger partial charge in [-0.1, -0.05) is 6.07 Å². The number of ether oxygens (including phenoxy) is 2. The molecule has 0 radical (unpaired) electrons. The van der Waals surface area contributed by atoms with Crippen LogP contribution in [0.15, 0.2) is 30.3 Å². The van der Waals surface area contributed by atoms with Crippen molar-refractivity contribution in [2.75, 3.05) is 18.6 Å². The second kappa shape index (κ2) is 4.88. The van der Waals surface area contributed by atoms with E-state index in [2.05, 4.69) is 42.1 Å². The van der Waals surface area contributed by atoms with Crippen LogP contribution < -0.4 is 14.9 Å². The van der Waals surface area contributed by atoms with E-state index in [-0.39, 0.29) is 0 Å². The van der Waals surface area contributed by atoms with Gasteiger partial charge in [-0.25, -0.2) is 0 Å². The molecule has 0 amide bonds. The summed E-state index contributed by atoms with van der Waals surface area (Å²) in [5.74, 6) is 1.68. The predicted molar refractivity (Wildman–Crippen MR) is 74.4 cm³/mol. The maximum atomic E-state index is 5.59. The molecule has 0 saturated carbocycles. The molecular weight excluding hydrogens is 240 g/mol. The van der Waals surface area contributed by atoms with Crippen molar-refractivity contribution in [3.05, 3.63) is 47.3 Å². The Labute approximate surface area is 112 Å². The molecule has 0 saturated heterocycles. The monoisotopic (exact) mass is 258 g/mol. The molecule has 4 nitrogen and oxygen atoms in total. The summed E-state index contributed by atoms with van der Waals surface area (Å²) >= 11 is 0. The van der Waals surface area contributed by atoms with Crippen LogP contribution in [0.5, 0.6) is 11.5 Å². The van der Waals surface area contributed by atoms with Crippen LogP contribution >= 0.6 is 0 Å². The number of hydrogen-bond acceptors (Lipinski definition) is 3. The van der Waals surface area contributed by atoms with Gasteiger partial charge in [0.25, 0.3) is 0 Å². The topological polar surface area (TPSA) is 35.4 Å². The van der Waals surface area contributed by atoms with Gasteiger partial charge >= 0.3 is 0 Å². The molecule has 0 spiro atoms. The van der Waals surface area contributed by atoms with E-state index in [0.29, 0.717) is 13.2 Å². The highest BCUT2D eigenvalue weighted by atomic mass is 16.6. The first-order chi connectivity index (χ1) is 9.24. The summed E-state index contributed by atoms with van der Waals surface area (Å²) in [6.45, 7) is 6.19. The first kappa shape index (κ1) is 12.0. The lowest BCUT2D eigenvalue weighted by Gasteiger charge is -2.19. The summed E-state index contributed by atoms with van der Waals surface area (Å²) in [6, 6.07) is 10.3. The van der Waals surface area contributed by atoms with E-state index in [1.54, 1.807) is 0 Å². The van der Waals surface area contributed by atoms with Gasteiger partial charge in [0.05, 0.1) is 6.54 Å². The summed E-state index contributed by atoms with van der Waals surface area (Å²) < 4.78 is 13.2. The van der Waals surface area contributed by atoms with Gasteiger partial charge in [-0.05, 0) is 43.7 Å². The highest BCUT2D eigenvalue weighted by Crippen LogP contribution is 2.30. The molecule has 0 bridgehead atoms. The summed E-state index contributed by atoms with van der Waals surface area (Å²) in [5.41, 5.74) is 6.99. The fraction of sp³-hybridized carbons (Fsp3) is 0.333. The van der Waals surface area contributed by atoms with Gasteiger partial charge in [-0.2, -0.15) is 0 Å². The summed E-state index contributed by atoms with van der Waals surface area (Å²) in [5, 5.41) is 0. The van der Waals surface area contributed by atoms with E-state index in [0.717, 1.165) is 18.0 Å². The Bertz CT molecular complexity index is 570. The lowest BCUT2D eigenvalue weighted by molar-refractivity contribution is 0.171. The van der Waals surface area contributed by atoms with Crippen LogP contribution in [-0.4, -0.2) is 17.9 Å². The molecule has 0 fully saturated rings. The fourth-order valence-corrected chi connectivity index (χ4v) is 2.29. The zero-order chi connectivity index (χ0) is 13.2. The van der Waals surface area contributed by atoms with Crippen LogP contribution in [0, 0.1) is 13.8 Å². The summed E-state index contributed by atoms with van der Waals surface area (Å²) in [7, 11) is 0. The number of fused-ring (bicyclic) bond motifs is 1. The maximum absolute atomic E-state index is 5.59. The highest BCUT2D eigenvalue weighted by Gasteiger charge is 2.11. The van der Waals surface area contributed by atoms with Gasteiger partial charge in [0.1, 0.15) is 13.2 Å². The van der Waals surface area contributed by atoms with Crippen LogP contribution in [-0.2, 0) is 6.54 Å². The molecular formula is C15H18N2O2. The van der Waals surface area contributed by atoms with E-state index in [4.69, 9.17) is 9.47 Å². The zero-order valence-corrected chi connectivity index (χ0v) is 11.3. The molecule has 1 aromatic heterocycles. The Hall–Kier alpha value is -2.10. The quantitative estimate of drug-likeness (QED) is 0.919. The number of rotatable bonds is 3. The average Bonchev–Trinajstić information content (AvgIpc) is 2.76. The van der Waals surface area contributed by atoms with Crippen molar-refractivity contribution < 1.29 is 9.47 Å². The van der Waals surface area contributed by atoms with Crippen LogP contribution in [0.25, 0.3) is 0 Å². The third-order valence-electron chi connectivity index (χ3n) is 3.32. The largest absolute Gasteiger partial charge is 0.486 e. The standard InChI is InChI=1S/C15H18N2O2/c1-11-3-4-12(2)17(11)16-10-13-5-6-14-15(9-13)19-8-7-18-14/h3-6,9,16H,7-8,10H2,1-2H3. The Morgan fingerprint density at radius 2 is 1.68 bits per heavy atom. The van der Waals surface area contributed by atoms with E-state index in [1.165, 1.54) is 17.0 Å². The zero-order valence-electron chi connectivity index (χ0n) is 11.3. The second-order valence-corrected chi connectivity index (χ2v) is 4.76. The first-order valence-electron chi connectivity index (χ1n) is 6.51. The SMILES string of the molecule is Cc1ccc(C)n1NCc1ccc2c(c1)OCCO2. The third-order valence-corrected chi connectivity index (χ3v) is 3.32. The first-order valence-corrected chi connectivity index (χ1v) is 6.51. The fourth-order valence-electron chi connectivity index (χ4n) is 2.29. The highest BCUT2D eigenvalue weighted by molar-refractivity contribution is 5.44. The number of aryl methyl sites for hydroxylation is 2. The predicted octanol–water partition coefficient (Wildman–Crippen LogP) is 2.62. The number of aromatic nitrogens is 1. The molecule has 4 heteroatoms. The van der Waals surface area contributed by atoms with Crippen LogP contribution in [0.4, 0.5) is 0 Å². The molecule has 2 aromatic rings. The van der Waals surface area contributed by atoms with Gasteiger partial charge < -0.3 is 14.9 Å². The molecule has 0 atom stereocenters. The third kappa shape index (κ3) is 2.38. The van der Waals surface area contributed by atoms with Crippen molar-refractivity contribution >= 4 is 0 Å². The van der Waals surface area contributed by atoms with Gasteiger partial charge in [0.2, 0.25) is 0 Å². The molecule has 1 aromatic carbocycles. The van der Waals surface area contributed by atoms with Gasteiger partial charge in [-0.15, -0.1) is 0 Å². The van der Waals surface area contributed by atoms with E-state index in [9.17, 15) is 0 Å². The Balaban J connectivity index is 1.74. The second-order valence-electron chi connectivity index (χ2n) is 4.76. The molecule has 100 valence electrons. The van der Waals surface area contributed by atoms with E-state index >= 15 is 0 Å². The maximum Gasteiger partial charge on any atom is 0.161 e. The Kier molecular flexibility index (Phi) is 3.07. The van der Waals surface area contributed by atoms with Gasteiger partial charge in [-0.3, -0.25) is 4.68 Å². The van der Waals surface area contributed by atoms with Crippen molar-refractivity contribution in [1.82, 2.24) is 4.68 Å². The molecule has 0 aliphatic carbocycles. The molecule has 1 aliphatic heterocycles. The number of nitrogens with zero attached hydrogens (tertiary/aromatic N) is 1. The van der Waals surface area contributed by atoms with Gasteiger partial charge in [0, 0.05) is 11.4 Å². The molecule has 0 unspecified atom stereocenters. The van der Waals surface area contributed by atoms with Crippen molar-refractivity contribution in [2.45, 2.75) is 20.4 Å². The van der Waals surface area contributed by atoms with Crippen molar-refractivity contribution in [1.29, 1.82) is 0 Å². The summed E-state index contributed by atoms with van der Waals surface area (Å²) in [4.78, 5) is 0. The smallest absolute Gasteiger partial charge is 0.161 e. The average molecular weight is 258 g/mol. The Morgan fingerprint density at radius 3 is 2.42 bits per heavy atom. The van der Waals surface area contributed by atoms with Crippen molar-refractivity contribution in [2.24, 2.45) is 0 Å². The minimum absolute atomic E-state index is 0.625. The van der Waals surface area contributed by atoms with Crippen LogP contribution in [0.1, 0.15) is 17.0 Å². The van der Waals surface area contributed by atoms with Gasteiger partial charge in [0.15, 0.2) is 11.5 Å². The van der Waals surface area contributed by atoms with E-state index in [1.807, 2.05) is 12.1 Å². The van der Waals surface area contributed by atoms with Crippen LogP contribution in [0.3, 0.4) is 0 Å². The lowest BCUT2D eigenvalue weighted by atomic mass is 10.2. The van der Waals surface area contributed by atoms with Crippen molar-refractivity contribution in [3.8, 4) is 11.5 Å². The summed E-state index contributed by atoms with van der Waals surface area (Å²) in [6.07, 6.45) is 0. The Morgan fingerprint density at radius 1 is 1.00 bits per heavy atom. The molecule has 19 heavy (non-hydrogen) atoms. The number of benzene rings is 1. The van der Waals surface area contributed by atoms with E-state index < -0.39 is 0 Å². The minimum Gasteiger partial charge on any atom is -0.486 e. The van der Waals surface area contributed by atoms with Crippen molar-refractivity contribution in [3.63, 3.8) is 0 Å². The minimum atomic E-state index is 0.625. The molecule has 1 N–H and O–H groups in total. The van der Waals surface area contributed by atoms with Crippen LogP contribution in [0.2, 0.25) is 0 Å². The molecule has 1 aliphatic rings. The number of hydrogen-bond donors (Lipinski definition) is 1. The molecule has 2 heterocycles. The number of nitrogens with one attached hydrogen (secondary N) is 1. The lowest BCUT2D eigenvalue weighted by Crippen LogP contribution is -2.18. The molecule has 3 rings (SSSR count). The normalized spacial score (nSPS) is 13.4.